The van der Waals surface area contributed by atoms with Crippen LogP contribution in [0.4, 0.5) is 5.69 Å². The smallest absolute Gasteiger partial charge is 0.278 e. The number of carbonyl (C=O) groups excluding carboxylic acids is 1. The monoisotopic (exact) mass is 551 g/mol. The Morgan fingerprint density at radius 2 is 1.55 bits per heavy atom. The van der Waals surface area contributed by atoms with Crippen LogP contribution in [-0.2, 0) is 14.8 Å². The highest BCUT2D eigenvalue weighted by Gasteiger charge is 2.31. The highest BCUT2D eigenvalue weighted by atomic mass is 79.9. The van der Waals surface area contributed by atoms with Crippen molar-refractivity contribution in [1.82, 2.24) is 0 Å². The Kier molecular flexibility index (Phi) is 8.05. The van der Waals surface area contributed by atoms with Crippen molar-refractivity contribution in [2.75, 3.05) is 17.5 Å². The van der Waals surface area contributed by atoms with E-state index in [-0.39, 0.29) is 10.6 Å². The largest absolute Gasteiger partial charge is 0.494 e. The lowest BCUT2D eigenvalue weighted by atomic mass is 10.1. The molecule has 0 N–H and O–H groups in total. The Balaban J connectivity index is 1.97. The molecule has 0 unspecified atom stereocenters. The first kappa shape index (κ1) is 25.1. The first-order valence-corrected chi connectivity index (χ1v) is 12.7. The van der Waals surface area contributed by atoms with Gasteiger partial charge in [-0.05, 0) is 92.6 Å². The molecule has 1 amide bonds. The van der Waals surface area contributed by atoms with Crippen LogP contribution in [0.1, 0.15) is 18.1 Å². The zero-order chi connectivity index (χ0) is 24.2. The number of amides is 1. The fourth-order valence-electron chi connectivity index (χ4n) is 3.29. The first-order chi connectivity index (χ1) is 15.6. The predicted molar refractivity (Wildman–Crippen MR) is 133 cm³/mol. The van der Waals surface area contributed by atoms with Crippen LogP contribution in [0.3, 0.4) is 0 Å². The van der Waals surface area contributed by atoms with Gasteiger partial charge in [0.05, 0.1) is 17.2 Å². The van der Waals surface area contributed by atoms with Crippen molar-refractivity contribution in [3.05, 3.63) is 81.3 Å². The van der Waals surface area contributed by atoms with E-state index in [0.717, 1.165) is 19.9 Å². The number of ether oxygens (including phenoxy) is 2. The summed E-state index contributed by atoms with van der Waals surface area (Å²) in [5.74, 6) is 0.354. The van der Waals surface area contributed by atoms with Crippen molar-refractivity contribution in [2.24, 2.45) is 0 Å². The van der Waals surface area contributed by atoms with E-state index in [9.17, 15) is 13.2 Å². The molecule has 3 aromatic carbocycles. The Bertz CT molecular complexity index is 1220. The molecule has 0 aliphatic heterocycles. The summed E-state index contributed by atoms with van der Waals surface area (Å²) in [6.45, 7) is 5.55. The van der Waals surface area contributed by atoms with Gasteiger partial charge in [0.1, 0.15) is 11.5 Å². The number of carbonyl (C=O) groups is 1. The molecule has 0 aliphatic rings. The van der Waals surface area contributed by atoms with Gasteiger partial charge in [-0.15, -0.1) is 0 Å². The molecule has 9 heteroatoms. The van der Waals surface area contributed by atoms with Gasteiger partial charge in [-0.2, -0.15) is 4.31 Å². The maximum Gasteiger partial charge on any atom is 0.278 e. The van der Waals surface area contributed by atoms with Gasteiger partial charge in [0.25, 0.3) is 15.9 Å². The zero-order valence-corrected chi connectivity index (χ0v) is 21.5. The van der Waals surface area contributed by atoms with E-state index in [4.69, 9.17) is 21.1 Å². The normalized spacial score (nSPS) is 11.2. The second kappa shape index (κ2) is 10.6. The molecule has 0 fully saturated rings. The van der Waals surface area contributed by atoms with Crippen LogP contribution in [0, 0.1) is 13.8 Å². The summed E-state index contributed by atoms with van der Waals surface area (Å²) in [4.78, 5) is 13.2. The summed E-state index contributed by atoms with van der Waals surface area (Å²) in [7, 11) is -4.23. The minimum atomic E-state index is -4.23. The molecule has 174 valence electrons. The van der Waals surface area contributed by atoms with Crippen LogP contribution in [0.5, 0.6) is 11.5 Å². The van der Waals surface area contributed by atoms with E-state index < -0.39 is 22.5 Å². The van der Waals surface area contributed by atoms with Crippen molar-refractivity contribution in [3.8, 4) is 11.5 Å². The maximum absolute atomic E-state index is 13.5. The first-order valence-electron chi connectivity index (χ1n) is 10.1. The number of hydrogen-bond acceptors (Lipinski definition) is 5. The van der Waals surface area contributed by atoms with E-state index >= 15 is 0 Å². The molecule has 0 spiro atoms. The second-order valence-electron chi connectivity index (χ2n) is 7.20. The van der Waals surface area contributed by atoms with Crippen LogP contribution >= 0.6 is 27.5 Å². The number of rotatable bonds is 8. The Hall–Kier alpha value is -2.55. The van der Waals surface area contributed by atoms with Crippen molar-refractivity contribution in [2.45, 2.75) is 25.7 Å². The average Bonchev–Trinajstić information content (AvgIpc) is 2.74. The van der Waals surface area contributed by atoms with Gasteiger partial charge < -0.3 is 9.47 Å². The number of nitrogens with zero attached hydrogens (tertiary/aromatic N) is 1. The van der Waals surface area contributed by atoms with Crippen LogP contribution in [-0.4, -0.2) is 27.5 Å². The quantitative estimate of drug-likeness (QED) is 0.347. The number of halogens is 2. The SMILES string of the molecule is CCOc1ccc(N(C(=O)COc2c(C)cc(Br)cc2C)S(=O)(=O)c2ccc(Cl)cc2)cc1. The Morgan fingerprint density at radius 3 is 2.09 bits per heavy atom. The van der Waals surface area contributed by atoms with Crippen LogP contribution in [0.2, 0.25) is 5.02 Å². The predicted octanol–water partition coefficient (Wildman–Crippen LogP) is 5.92. The standard InChI is InChI=1S/C24H23BrClNO5S/c1-4-31-21-9-7-20(8-10-21)27(33(29,30)22-11-5-19(26)6-12-22)23(28)15-32-24-16(2)13-18(25)14-17(24)3/h5-14H,4,15H2,1-3H3. The highest BCUT2D eigenvalue weighted by molar-refractivity contribution is 9.10. The molecular weight excluding hydrogens is 530 g/mol. The number of benzene rings is 3. The van der Waals surface area contributed by atoms with Gasteiger partial charge in [0, 0.05) is 9.50 Å². The lowest BCUT2D eigenvalue weighted by molar-refractivity contribution is -0.119. The number of anilines is 1. The summed E-state index contributed by atoms with van der Waals surface area (Å²) in [6.07, 6.45) is 0. The minimum absolute atomic E-state index is 0.0647. The molecule has 0 aliphatic carbocycles. The highest BCUT2D eigenvalue weighted by Crippen LogP contribution is 2.29. The van der Waals surface area contributed by atoms with Crippen molar-refractivity contribution in [3.63, 3.8) is 0 Å². The maximum atomic E-state index is 13.5. The third-order valence-electron chi connectivity index (χ3n) is 4.73. The molecule has 33 heavy (non-hydrogen) atoms. The van der Waals surface area contributed by atoms with E-state index in [0.29, 0.717) is 23.1 Å². The van der Waals surface area contributed by atoms with Gasteiger partial charge >= 0.3 is 0 Å². The summed E-state index contributed by atoms with van der Waals surface area (Å²) >= 11 is 9.34. The third-order valence-corrected chi connectivity index (χ3v) is 7.20. The van der Waals surface area contributed by atoms with E-state index in [2.05, 4.69) is 15.9 Å². The topological polar surface area (TPSA) is 72.9 Å². The summed E-state index contributed by atoms with van der Waals surface area (Å²) < 4.78 is 39.7. The van der Waals surface area contributed by atoms with Crippen molar-refractivity contribution >= 4 is 49.1 Å². The van der Waals surface area contributed by atoms with Crippen molar-refractivity contribution in [1.29, 1.82) is 0 Å². The average molecular weight is 553 g/mol. The molecule has 0 aromatic heterocycles. The Labute approximate surface area is 207 Å². The van der Waals surface area contributed by atoms with Gasteiger partial charge in [0.2, 0.25) is 0 Å². The van der Waals surface area contributed by atoms with E-state index in [1.54, 1.807) is 12.1 Å². The summed E-state index contributed by atoms with van der Waals surface area (Å²) in [5.41, 5.74) is 1.82. The van der Waals surface area contributed by atoms with E-state index in [1.165, 1.54) is 36.4 Å². The summed E-state index contributed by atoms with van der Waals surface area (Å²) in [6, 6.07) is 15.6. The van der Waals surface area contributed by atoms with Gasteiger partial charge in [-0.1, -0.05) is 27.5 Å². The molecular formula is C24H23BrClNO5S. The summed E-state index contributed by atoms with van der Waals surface area (Å²) in [5, 5.41) is 0.386. The van der Waals surface area contributed by atoms with Gasteiger partial charge in [-0.25, -0.2) is 8.42 Å². The number of hydrogen-bond donors (Lipinski definition) is 0. The molecule has 0 atom stereocenters. The molecule has 0 saturated heterocycles. The molecule has 0 bridgehead atoms. The van der Waals surface area contributed by atoms with Crippen LogP contribution in [0.15, 0.2) is 70.0 Å². The number of sulfonamides is 1. The minimum Gasteiger partial charge on any atom is -0.494 e. The fraction of sp³-hybridized carbons (Fsp3) is 0.208. The van der Waals surface area contributed by atoms with E-state index in [1.807, 2.05) is 32.9 Å². The molecule has 0 radical (unpaired) electrons. The zero-order valence-electron chi connectivity index (χ0n) is 18.3. The van der Waals surface area contributed by atoms with Gasteiger partial charge in [-0.3, -0.25) is 4.79 Å². The van der Waals surface area contributed by atoms with Crippen LogP contribution in [0.25, 0.3) is 0 Å². The fourth-order valence-corrected chi connectivity index (χ4v) is 5.51. The molecule has 3 aromatic rings. The Morgan fingerprint density at radius 1 is 0.970 bits per heavy atom. The number of aryl methyl sites for hydroxylation is 2. The van der Waals surface area contributed by atoms with Crippen molar-refractivity contribution < 1.29 is 22.7 Å². The molecule has 0 heterocycles. The molecule has 0 saturated carbocycles. The van der Waals surface area contributed by atoms with Gasteiger partial charge in [0.15, 0.2) is 6.61 Å². The second-order valence-corrected chi connectivity index (χ2v) is 10.3. The molecule has 3 rings (SSSR count). The third kappa shape index (κ3) is 5.88. The lowest BCUT2D eigenvalue weighted by Gasteiger charge is -2.23. The lowest BCUT2D eigenvalue weighted by Crippen LogP contribution is -2.40. The molecule has 6 nitrogen and oxygen atoms in total. The van der Waals surface area contributed by atoms with Crippen LogP contribution < -0.4 is 13.8 Å².